The molecule has 0 radical (unpaired) electrons. The molecular weight excluding hydrogens is 428 g/mol. The van der Waals surface area contributed by atoms with E-state index < -0.39 is 0 Å². The molecule has 1 amide bonds. The molecule has 4 rings (SSSR count). The van der Waals surface area contributed by atoms with E-state index in [0.717, 1.165) is 24.3 Å². The van der Waals surface area contributed by atoms with E-state index in [2.05, 4.69) is 15.5 Å². The van der Waals surface area contributed by atoms with E-state index in [4.69, 9.17) is 14.2 Å². The third-order valence-corrected chi connectivity index (χ3v) is 6.19. The third-order valence-electron chi connectivity index (χ3n) is 5.24. The predicted octanol–water partition coefficient (Wildman–Crippen LogP) is 4.34. The number of carbonyl (C=O) groups excluding carboxylic acids is 1. The Bertz CT molecular complexity index is 1050. The highest BCUT2D eigenvalue weighted by molar-refractivity contribution is 7.99. The van der Waals surface area contributed by atoms with Gasteiger partial charge in [-0.3, -0.25) is 9.36 Å². The zero-order valence-electron chi connectivity index (χ0n) is 18.1. The standard InChI is InChI=1S/C23H26N4O4S/c1-29-18-10-8-17(9-11-18)27-15-24-26-23(27)32-14-22(28)25-16-7-12-20(30-2)21(13-16)31-19-5-3-4-6-19/h7-13,15,19H,3-6,14H2,1-2H3,(H,25,28). The van der Waals surface area contributed by atoms with Gasteiger partial charge in [0.1, 0.15) is 12.1 Å². The third kappa shape index (κ3) is 5.34. The van der Waals surface area contributed by atoms with Crippen LogP contribution in [-0.4, -0.2) is 46.7 Å². The molecular formula is C23H26N4O4S. The first-order valence-corrected chi connectivity index (χ1v) is 11.5. The number of nitrogens with one attached hydrogen (secondary N) is 1. The molecule has 1 saturated carbocycles. The summed E-state index contributed by atoms with van der Waals surface area (Å²) in [5, 5.41) is 11.7. The number of methoxy groups -OCH3 is 2. The minimum atomic E-state index is -0.142. The van der Waals surface area contributed by atoms with Crippen LogP contribution >= 0.6 is 11.8 Å². The fourth-order valence-electron chi connectivity index (χ4n) is 3.60. The van der Waals surface area contributed by atoms with Crippen LogP contribution in [0, 0.1) is 0 Å². The van der Waals surface area contributed by atoms with Gasteiger partial charge in [0.2, 0.25) is 5.91 Å². The summed E-state index contributed by atoms with van der Waals surface area (Å²) in [6.45, 7) is 0. The van der Waals surface area contributed by atoms with E-state index in [1.54, 1.807) is 20.5 Å². The molecule has 0 spiro atoms. The van der Waals surface area contributed by atoms with Crippen LogP contribution in [-0.2, 0) is 4.79 Å². The van der Waals surface area contributed by atoms with E-state index in [9.17, 15) is 4.79 Å². The van der Waals surface area contributed by atoms with Gasteiger partial charge in [0.15, 0.2) is 16.7 Å². The summed E-state index contributed by atoms with van der Waals surface area (Å²) in [5.74, 6) is 2.14. The van der Waals surface area contributed by atoms with Crippen LogP contribution in [0.5, 0.6) is 17.2 Å². The molecule has 0 saturated heterocycles. The molecule has 1 heterocycles. The molecule has 1 fully saturated rings. The molecule has 1 aliphatic rings. The Morgan fingerprint density at radius 3 is 2.59 bits per heavy atom. The Morgan fingerprint density at radius 1 is 1.09 bits per heavy atom. The first-order chi connectivity index (χ1) is 15.7. The number of nitrogens with zero attached hydrogens (tertiary/aromatic N) is 3. The lowest BCUT2D eigenvalue weighted by Crippen LogP contribution is -2.15. The van der Waals surface area contributed by atoms with Crippen LogP contribution in [0.4, 0.5) is 5.69 Å². The van der Waals surface area contributed by atoms with Gasteiger partial charge in [0.25, 0.3) is 0 Å². The van der Waals surface area contributed by atoms with Crippen LogP contribution in [0.3, 0.4) is 0 Å². The van der Waals surface area contributed by atoms with Crippen molar-refractivity contribution >= 4 is 23.4 Å². The summed E-state index contributed by atoms with van der Waals surface area (Å²) in [6.07, 6.45) is 6.29. The van der Waals surface area contributed by atoms with Gasteiger partial charge in [0.05, 0.1) is 26.1 Å². The highest BCUT2D eigenvalue weighted by Gasteiger charge is 2.19. The quantitative estimate of drug-likeness (QED) is 0.481. The molecule has 0 unspecified atom stereocenters. The summed E-state index contributed by atoms with van der Waals surface area (Å²) >= 11 is 1.31. The number of thioether (sulfide) groups is 1. The fourth-order valence-corrected chi connectivity index (χ4v) is 4.33. The number of benzene rings is 2. The van der Waals surface area contributed by atoms with Gasteiger partial charge in [0, 0.05) is 17.4 Å². The van der Waals surface area contributed by atoms with E-state index in [0.29, 0.717) is 22.3 Å². The SMILES string of the molecule is COc1ccc(-n2cnnc2SCC(=O)Nc2ccc(OC)c(OC3CCCC3)c2)cc1. The van der Waals surface area contributed by atoms with Gasteiger partial charge in [-0.25, -0.2) is 0 Å². The molecule has 1 aromatic heterocycles. The number of ether oxygens (including phenoxy) is 3. The molecule has 8 nitrogen and oxygen atoms in total. The molecule has 9 heteroatoms. The lowest BCUT2D eigenvalue weighted by Gasteiger charge is -2.17. The highest BCUT2D eigenvalue weighted by atomic mass is 32.2. The number of anilines is 1. The number of aromatic nitrogens is 3. The summed E-state index contributed by atoms with van der Waals surface area (Å²) < 4.78 is 18.6. The zero-order chi connectivity index (χ0) is 22.3. The maximum atomic E-state index is 12.6. The van der Waals surface area contributed by atoms with Gasteiger partial charge in [-0.15, -0.1) is 10.2 Å². The molecule has 0 atom stereocenters. The van der Waals surface area contributed by atoms with Crippen LogP contribution in [0.25, 0.3) is 5.69 Å². The number of amides is 1. The van der Waals surface area contributed by atoms with Gasteiger partial charge in [-0.05, 0) is 62.1 Å². The second-order valence-corrected chi connectivity index (χ2v) is 8.35. The largest absolute Gasteiger partial charge is 0.497 e. The lowest BCUT2D eigenvalue weighted by molar-refractivity contribution is -0.113. The van der Waals surface area contributed by atoms with Crippen LogP contribution in [0.1, 0.15) is 25.7 Å². The Hall–Kier alpha value is -3.20. The van der Waals surface area contributed by atoms with Crippen molar-refractivity contribution in [3.05, 3.63) is 48.8 Å². The van der Waals surface area contributed by atoms with Crippen molar-refractivity contribution in [1.29, 1.82) is 0 Å². The van der Waals surface area contributed by atoms with Crippen molar-refractivity contribution in [2.45, 2.75) is 36.9 Å². The van der Waals surface area contributed by atoms with E-state index in [-0.39, 0.29) is 17.8 Å². The maximum absolute atomic E-state index is 12.6. The second-order valence-electron chi connectivity index (χ2n) is 7.41. The van der Waals surface area contributed by atoms with Crippen molar-refractivity contribution in [3.8, 4) is 22.9 Å². The predicted molar refractivity (Wildman–Crippen MR) is 123 cm³/mol. The number of hydrogen-bond acceptors (Lipinski definition) is 7. The second kappa shape index (κ2) is 10.4. The summed E-state index contributed by atoms with van der Waals surface area (Å²) in [6, 6.07) is 13.0. The Kier molecular flexibility index (Phi) is 7.16. The average molecular weight is 455 g/mol. The molecule has 0 bridgehead atoms. The smallest absolute Gasteiger partial charge is 0.234 e. The monoisotopic (exact) mass is 454 g/mol. The molecule has 2 aromatic carbocycles. The maximum Gasteiger partial charge on any atom is 0.234 e. The Balaban J connectivity index is 1.38. The molecule has 32 heavy (non-hydrogen) atoms. The minimum absolute atomic E-state index is 0.142. The van der Waals surface area contributed by atoms with Crippen LogP contribution in [0.2, 0.25) is 0 Å². The summed E-state index contributed by atoms with van der Waals surface area (Å²) in [7, 11) is 3.24. The lowest BCUT2D eigenvalue weighted by atomic mass is 10.2. The van der Waals surface area contributed by atoms with Crippen LogP contribution in [0.15, 0.2) is 53.9 Å². The van der Waals surface area contributed by atoms with Crippen molar-refractivity contribution in [2.24, 2.45) is 0 Å². The zero-order valence-corrected chi connectivity index (χ0v) is 18.9. The molecule has 0 aliphatic heterocycles. The fraction of sp³-hybridized carbons (Fsp3) is 0.348. The molecule has 1 aliphatic carbocycles. The summed E-state index contributed by atoms with van der Waals surface area (Å²) in [5.41, 5.74) is 1.56. The van der Waals surface area contributed by atoms with Crippen LogP contribution < -0.4 is 19.5 Å². The Morgan fingerprint density at radius 2 is 1.88 bits per heavy atom. The summed E-state index contributed by atoms with van der Waals surface area (Å²) in [4.78, 5) is 12.6. The van der Waals surface area contributed by atoms with E-state index in [1.807, 2.05) is 47.0 Å². The van der Waals surface area contributed by atoms with Gasteiger partial charge in [-0.1, -0.05) is 11.8 Å². The normalized spacial score (nSPS) is 13.7. The van der Waals surface area contributed by atoms with E-state index in [1.165, 1.54) is 24.6 Å². The average Bonchev–Trinajstić information content (AvgIpc) is 3.50. The van der Waals surface area contributed by atoms with Crippen molar-refractivity contribution in [1.82, 2.24) is 14.8 Å². The first-order valence-electron chi connectivity index (χ1n) is 10.5. The number of carbonyl (C=O) groups is 1. The number of hydrogen-bond donors (Lipinski definition) is 1. The van der Waals surface area contributed by atoms with Gasteiger partial charge in [-0.2, -0.15) is 0 Å². The Labute approximate surface area is 191 Å². The molecule has 168 valence electrons. The number of rotatable bonds is 9. The van der Waals surface area contributed by atoms with Crippen molar-refractivity contribution in [3.63, 3.8) is 0 Å². The van der Waals surface area contributed by atoms with Gasteiger partial charge >= 0.3 is 0 Å². The molecule has 3 aromatic rings. The highest BCUT2D eigenvalue weighted by Crippen LogP contribution is 2.34. The van der Waals surface area contributed by atoms with Gasteiger partial charge < -0.3 is 19.5 Å². The van der Waals surface area contributed by atoms with E-state index >= 15 is 0 Å². The topological polar surface area (TPSA) is 87.5 Å². The molecule has 1 N–H and O–H groups in total. The van der Waals surface area contributed by atoms with Crippen molar-refractivity contribution < 1.29 is 19.0 Å². The van der Waals surface area contributed by atoms with Crippen molar-refractivity contribution in [2.75, 3.05) is 25.3 Å². The first kappa shape index (κ1) is 22.0. The minimum Gasteiger partial charge on any atom is -0.497 e.